The van der Waals surface area contributed by atoms with Gasteiger partial charge >= 0.3 is 24.1 Å². The second kappa shape index (κ2) is 25.6. The predicted molar refractivity (Wildman–Crippen MR) is 301 cm³/mol. The number of carboxylic acids is 1. The number of carboxylic acid groups (broad SMARTS) is 1. The van der Waals surface area contributed by atoms with Crippen LogP contribution in [0.1, 0.15) is 120 Å². The second-order valence-corrected chi connectivity index (χ2v) is 22.2. The van der Waals surface area contributed by atoms with E-state index in [2.05, 4.69) is 44.3 Å². The van der Waals surface area contributed by atoms with Crippen molar-refractivity contribution in [2.24, 2.45) is 0 Å². The Hall–Kier alpha value is -7.10. The monoisotopic (exact) mass is 1120 g/mol. The number of carbonyl (C=O) groups excluding carboxylic acids is 3. The maximum atomic E-state index is 13.5. The number of aromatic amines is 2. The van der Waals surface area contributed by atoms with Crippen LogP contribution in [0, 0.1) is 0 Å². The highest BCUT2D eigenvalue weighted by atomic mass is 35.5. The average Bonchev–Trinajstić information content (AvgIpc) is 4.11. The number of halogens is 2. The molecule has 0 spiro atoms. The summed E-state index contributed by atoms with van der Waals surface area (Å²) >= 11 is 12.9. The number of piperidine rings is 2. The van der Waals surface area contributed by atoms with Gasteiger partial charge in [-0.05, 0) is 122 Å². The van der Waals surface area contributed by atoms with Gasteiger partial charge in [0.1, 0.15) is 33.6 Å². The molecule has 2 atom stereocenters. The first-order valence-corrected chi connectivity index (χ1v) is 27.1. The summed E-state index contributed by atoms with van der Waals surface area (Å²) in [6.07, 6.45) is 2.88. The van der Waals surface area contributed by atoms with E-state index in [1.165, 1.54) is 6.07 Å². The van der Waals surface area contributed by atoms with Gasteiger partial charge in [-0.3, -0.25) is 9.59 Å². The summed E-state index contributed by atoms with van der Waals surface area (Å²) in [5, 5.41) is 16.4. The van der Waals surface area contributed by atoms with Crippen molar-refractivity contribution in [3.05, 3.63) is 114 Å². The van der Waals surface area contributed by atoms with Crippen LogP contribution in [-0.2, 0) is 27.3 Å². The maximum Gasteiger partial charge on any atom is 0.407 e. The SMILES string of the molecule is CC(C)(C)OC(=O)N[C@@H]1CCCN(c2nc3cc(C(=O)O)[nH]c(=O)c3n2Cc2ccccc2Cl)C1.CCN(CC)CCCOC(=O)c1cc2nc(N3CCC[C@@H](NC(=O)OC(C)(C)C)C3)n(Cc3ccccc3Cl)c2c(=O)[nH]1. The number of H-pyrrole nitrogens is 2. The van der Waals surface area contributed by atoms with Crippen molar-refractivity contribution in [2.45, 2.75) is 124 Å². The molecule has 420 valence electrons. The Morgan fingerprint density at radius 3 is 1.56 bits per heavy atom. The van der Waals surface area contributed by atoms with E-state index in [0.29, 0.717) is 72.1 Å². The molecule has 0 unspecified atom stereocenters. The van der Waals surface area contributed by atoms with Crippen molar-refractivity contribution in [3.63, 3.8) is 0 Å². The molecule has 0 aliphatic carbocycles. The smallest absolute Gasteiger partial charge is 0.407 e. The number of ether oxygens (including phenoxy) is 3. The number of benzene rings is 2. The number of esters is 1. The number of rotatable bonds is 16. The number of alkyl carbamates (subject to hydrolysis) is 2. The fourth-order valence-corrected chi connectivity index (χ4v) is 9.87. The van der Waals surface area contributed by atoms with E-state index >= 15 is 0 Å². The lowest BCUT2D eigenvalue weighted by atomic mass is 10.1. The van der Waals surface area contributed by atoms with Crippen LogP contribution in [-0.4, -0.2) is 139 Å². The number of amides is 2. The Morgan fingerprint density at radius 2 is 1.14 bits per heavy atom. The Balaban J connectivity index is 0.000000231. The minimum Gasteiger partial charge on any atom is -0.477 e. The lowest BCUT2D eigenvalue weighted by Gasteiger charge is -2.34. The number of carbonyl (C=O) groups is 4. The molecule has 4 aromatic heterocycles. The van der Waals surface area contributed by atoms with Crippen LogP contribution < -0.4 is 31.6 Å². The molecule has 6 aromatic rings. The highest BCUT2D eigenvalue weighted by Gasteiger charge is 2.31. The van der Waals surface area contributed by atoms with E-state index in [-0.39, 0.29) is 47.7 Å². The number of imidazole rings is 2. The molecule has 2 saturated heterocycles. The highest BCUT2D eigenvalue weighted by Crippen LogP contribution is 2.30. The molecule has 2 amide bonds. The number of fused-ring (bicyclic) bond motifs is 2. The standard InChI is InChI=1S/C31H43ClN6O5.C24H28ClN5O5/c1-6-36(7-2)15-11-17-42-28(40)25-18-24-26(27(39)34-25)38(19-21-12-8-9-14-23(21)32)29(35-24)37-16-10-13-22(20-37)33-30(41)43-31(3,4)5;1-24(2,3)35-23(34)26-15-8-6-10-29(13-15)22-28-17-11-18(21(32)33)27-20(31)19(17)30(22)12-14-7-4-5-9-16(14)25/h8-9,12,14,18,22H,6-7,10-11,13,15-17,19-20H2,1-5H3,(H,33,41)(H,34,39);4-5,7,9,11,15H,6,8,10,12-13H2,1-3H3,(H,26,34)(H,27,31)(H,32,33)/t22-;15-/m11/s1. The third-order valence-electron chi connectivity index (χ3n) is 13.1. The zero-order valence-electron chi connectivity index (χ0n) is 45.5. The molecule has 2 aliphatic rings. The molecule has 2 fully saturated rings. The second-order valence-electron chi connectivity index (χ2n) is 21.4. The van der Waals surface area contributed by atoms with Crippen LogP contribution in [0.4, 0.5) is 21.5 Å². The van der Waals surface area contributed by atoms with E-state index in [4.69, 9.17) is 42.4 Å². The van der Waals surface area contributed by atoms with Crippen molar-refractivity contribution >= 4 is 81.3 Å². The minimum absolute atomic E-state index is 0.0531. The van der Waals surface area contributed by atoms with Crippen molar-refractivity contribution in [1.82, 2.24) is 44.6 Å². The normalized spacial score (nSPS) is 15.9. The summed E-state index contributed by atoms with van der Waals surface area (Å²) in [6.45, 7) is 20.8. The van der Waals surface area contributed by atoms with Crippen molar-refractivity contribution < 1.29 is 38.5 Å². The number of hydrogen-bond donors (Lipinski definition) is 5. The third-order valence-corrected chi connectivity index (χ3v) is 13.8. The fourth-order valence-electron chi connectivity index (χ4n) is 9.48. The van der Waals surface area contributed by atoms with Crippen LogP contribution in [0.15, 0.2) is 70.3 Å². The summed E-state index contributed by atoms with van der Waals surface area (Å²) in [7, 11) is 0. The molecular formula is C55H71Cl2N11O10. The number of pyridine rings is 2. The molecule has 0 bridgehead atoms. The zero-order chi connectivity index (χ0) is 56.5. The van der Waals surface area contributed by atoms with Crippen LogP contribution in [0.25, 0.3) is 22.1 Å². The summed E-state index contributed by atoms with van der Waals surface area (Å²) in [6, 6.07) is 17.3. The van der Waals surface area contributed by atoms with Gasteiger partial charge in [-0.2, -0.15) is 0 Å². The fraction of sp³-hybridized carbons (Fsp3) is 0.491. The van der Waals surface area contributed by atoms with Gasteiger partial charge in [0.05, 0.1) is 30.7 Å². The minimum atomic E-state index is -1.24. The molecule has 5 N–H and O–H groups in total. The van der Waals surface area contributed by atoms with Gasteiger partial charge in [-0.25, -0.2) is 29.1 Å². The Morgan fingerprint density at radius 1 is 0.705 bits per heavy atom. The molecule has 78 heavy (non-hydrogen) atoms. The summed E-state index contributed by atoms with van der Waals surface area (Å²) in [5.74, 6) is -0.782. The Labute approximate surface area is 462 Å². The average molecular weight is 1120 g/mol. The van der Waals surface area contributed by atoms with Crippen molar-refractivity contribution in [1.29, 1.82) is 0 Å². The molecule has 2 aromatic carbocycles. The number of nitrogens with one attached hydrogen (secondary N) is 4. The number of aromatic nitrogens is 6. The lowest BCUT2D eigenvalue weighted by molar-refractivity contribution is 0.0476. The maximum absolute atomic E-state index is 13.5. The number of hydrogen-bond acceptors (Lipinski definition) is 14. The summed E-state index contributed by atoms with van der Waals surface area (Å²) in [5.41, 5.74) is 0.456. The van der Waals surface area contributed by atoms with Crippen LogP contribution >= 0.6 is 23.2 Å². The van der Waals surface area contributed by atoms with E-state index in [1.807, 2.05) is 71.5 Å². The van der Waals surface area contributed by atoms with Crippen molar-refractivity contribution in [2.75, 3.05) is 62.2 Å². The summed E-state index contributed by atoms with van der Waals surface area (Å²) in [4.78, 5) is 96.5. The van der Waals surface area contributed by atoms with Gasteiger partial charge in [-0.15, -0.1) is 0 Å². The zero-order valence-corrected chi connectivity index (χ0v) is 47.1. The first-order chi connectivity index (χ1) is 37.0. The summed E-state index contributed by atoms with van der Waals surface area (Å²) < 4.78 is 19.9. The number of nitrogens with zero attached hydrogens (tertiary/aromatic N) is 7. The Bertz CT molecular complexity index is 3230. The number of aromatic carboxylic acids is 1. The lowest BCUT2D eigenvalue weighted by Crippen LogP contribution is -2.49. The van der Waals surface area contributed by atoms with Gasteiger partial charge < -0.3 is 63.8 Å². The molecule has 23 heteroatoms. The van der Waals surface area contributed by atoms with Crippen LogP contribution in [0.2, 0.25) is 10.0 Å². The molecule has 8 rings (SSSR count). The molecule has 0 saturated carbocycles. The quantitative estimate of drug-likeness (QED) is 0.0346. The molecule has 0 radical (unpaired) electrons. The van der Waals surface area contributed by atoms with Gasteiger partial charge in [0.25, 0.3) is 11.1 Å². The highest BCUT2D eigenvalue weighted by molar-refractivity contribution is 6.31. The Kier molecular flexibility index (Phi) is 19.2. The number of anilines is 2. The van der Waals surface area contributed by atoms with Gasteiger partial charge in [0, 0.05) is 54.9 Å². The first-order valence-electron chi connectivity index (χ1n) is 26.4. The van der Waals surface area contributed by atoms with Gasteiger partial charge in [-0.1, -0.05) is 73.4 Å². The van der Waals surface area contributed by atoms with E-state index in [1.54, 1.807) is 43.5 Å². The van der Waals surface area contributed by atoms with E-state index < -0.39 is 46.4 Å². The van der Waals surface area contributed by atoms with Crippen molar-refractivity contribution in [3.8, 4) is 0 Å². The van der Waals surface area contributed by atoms with Gasteiger partial charge in [0.15, 0.2) is 0 Å². The molecule has 6 heterocycles. The predicted octanol–water partition coefficient (Wildman–Crippen LogP) is 8.43. The van der Waals surface area contributed by atoms with E-state index in [0.717, 1.165) is 56.4 Å². The van der Waals surface area contributed by atoms with Crippen LogP contribution in [0.5, 0.6) is 0 Å². The molecular weight excluding hydrogens is 1050 g/mol. The first kappa shape index (κ1) is 58.6. The van der Waals surface area contributed by atoms with Gasteiger partial charge in [0.2, 0.25) is 11.9 Å². The van der Waals surface area contributed by atoms with E-state index in [9.17, 15) is 33.9 Å². The third kappa shape index (κ3) is 15.3. The molecule has 2 aliphatic heterocycles. The van der Waals surface area contributed by atoms with Crippen LogP contribution in [0.3, 0.4) is 0 Å². The largest absolute Gasteiger partial charge is 0.477 e. The molecule has 21 nitrogen and oxygen atoms in total. The topological polar surface area (TPSA) is 251 Å².